The summed E-state index contributed by atoms with van der Waals surface area (Å²) in [6.07, 6.45) is 2.21. The Morgan fingerprint density at radius 2 is 1.76 bits per heavy atom. The Labute approximate surface area is 202 Å². The van der Waals surface area contributed by atoms with Crippen molar-refractivity contribution in [2.24, 2.45) is 11.7 Å². The van der Waals surface area contributed by atoms with E-state index in [0.29, 0.717) is 17.5 Å². The summed E-state index contributed by atoms with van der Waals surface area (Å²) in [5.74, 6) is 0.121. The Morgan fingerprint density at radius 3 is 2.44 bits per heavy atom. The summed E-state index contributed by atoms with van der Waals surface area (Å²) in [5, 5.41) is 1.31. The van der Waals surface area contributed by atoms with E-state index in [0.717, 1.165) is 52.1 Å². The van der Waals surface area contributed by atoms with Crippen LogP contribution in [0.25, 0.3) is 16.5 Å². The second-order valence-electron chi connectivity index (χ2n) is 10.2. The normalized spacial score (nSPS) is 19.6. The molecule has 34 heavy (non-hydrogen) atoms. The van der Waals surface area contributed by atoms with Gasteiger partial charge in [-0.1, -0.05) is 36.9 Å². The van der Waals surface area contributed by atoms with Gasteiger partial charge in [0.25, 0.3) is 0 Å². The Hall–Kier alpha value is -2.89. The van der Waals surface area contributed by atoms with Gasteiger partial charge in [0, 0.05) is 73.0 Å². The molecule has 1 aliphatic carbocycles. The van der Waals surface area contributed by atoms with Gasteiger partial charge in [-0.15, -0.1) is 0 Å². The molecule has 2 aromatic carbocycles. The third kappa shape index (κ3) is 4.30. The number of nitrogens with zero attached hydrogens (tertiary/aromatic N) is 3. The second-order valence-corrected chi connectivity index (χ2v) is 10.2. The van der Waals surface area contributed by atoms with Gasteiger partial charge in [-0.3, -0.25) is 9.69 Å². The minimum atomic E-state index is -0.386. The molecule has 1 atom stereocenters. The molecule has 2 aliphatic rings. The predicted molar refractivity (Wildman–Crippen MR) is 140 cm³/mol. The number of carbonyl (C=O) groups is 1. The van der Waals surface area contributed by atoms with E-state index in [4.69, 9.17) is 5.73 Å². The molecule has 1 aromatic heterocycles. The average Bonchev–Trinajstić information content (AvgIpc) is 3.15. The molecule has 5 rings (SSSR count). The van der Waals surface area contributed by atoms with Crippen LogP contribution in [0.4, 0.5) is 0 Å². The highest BCUT2D eigenvalue weighted by molar-refractivity contribution is 5.96. The van der Waals surface area contributed by atoms with Crippen molar-refractivity contribution >= 4 is 22.4 Å². The predicted octanol–water partition coefficient (Wildman–Crippen LogP) is 4.39. The highest BCUT2D eigenvalue weighted by Gasteiger charge is 2.30. The highest BCUT2D eigenvalue weighted by atomic mass is 16.1. The zero-order valence-corrected chi connectivity index (χ0v) is 20.5. The zero-order chi connectivity index (χ0) is 23.8. The van der Waals surface area contributed by atoms with Crippen molar-refractivity contribution in [1.29, 1.82) is 0 Å². The summed E-state index contributed by atoms with van der Waals surface area (Å²) in [6.45, 7) is 15.8. The molecular weight excluding hydrogens is 420 g/mol. The number of para-hydroxylation sites is 1. The van der Waals surface area contributed by atoms with Crippen LogP contribution in [-0.4, -0.2) is 59.0 Å². The summed E-state index contributed by atoms with van der Waals surface area (Å²) in [4.78, 5) is 16.7. The van der Waals surface area contributed by atoms with E-state index >= 15 is 0 Å². The molecular formula is C29H36N4O. The van der Waals surface area contributed by atoms with Gasteiger partial charge in [0.15, 0.2) is 0 Å². The van der Waals surface area contributed by atoms with Crippen molar-refractivity contribution in [1.82, 2.24) is 14.4 Å². The summed E-state index contributed by atoms with van der Waals surface area (Å²) in [6, 6.07) is 17.0. The molecule has 2 heterocycles. The quantitative estimate of drug-likeness (QED) is 0.599. The van der Waals surface area contributed by atoms with Crippen LogP contribution in [0, 0.1) is 5.92 Å². The van der Waals surface area contributed by atoms with Gasteiger partial charge in [-0.05, 0) is 61.9 Å². The van der Waals surface area contributed by atoms with Gasteiger partial charge in [0.1, 0.15) is 0 Å². The molecule has 178 valence electrons. The minimum Gasteiger partial charge on any atom is -0.366 e. The number of amides is 1. The topological polar surface area (TPSA) is 54.5 Å². The third-order valence-corrected chi connectivity index (χ3v) is 7.82. The molecule has 1 unspecified atom stereocenters. The van der Waals surface area contributed by atoms with Crippen molar-refractivity contribution in [2.45, 2.75) is 39.3 Å². The Bertz CT molecular complexity index is 1200. The lowest BCUT2D eigenvalue weighted by Crippen LogP contribution is -2.50. The van der Waals surface area contributed by atoms with Gasteiger partial charge in [0.2, 0.25) is 5.91 Å². The Kier molecular flexibility index (Phi) is 6.32. The largest absolute Gasteiger partial charge is 0.366 e. The molecule has 0 saturated carbocycles. The van der Waals surface area contributed by atoms with Crippen molar-refractivity contribution in [2.75, 3.05) is 32.7 Å². The van der Waals surface area contributed by atoms with E-state index in [1.807, 2.05) is 24.3 Å². The van der Waals surface area contributed by atoms with E-state index < -0.39 is 0 Å². The number of carbonyl (C=O) groups excluding carboxylic acids is 1. The maximum Gasteiger partial charge on any atom is 0.248 e. The van der Waals surface area contributed by atoms with Crippen LogP contribution in [0.5, 0.6) is 0 Å². The summed E-state index contributed by atoms with van der Waals surface area (Å²) >= 11 is 0. The maximum atomic E-state index is 11.5. The first-order valence-corrected chi connectivity index (χ1v) is 12.6. The number of piperazine rings is 1. The van der Waals surface area contributed by atoms with Crippen LogP contribution >= 0.6 is 0 Å². The number of hydrogen-bond acceptors (Lipinski definition) is 3. The number of aromatic nitrogens is 1. The summed E-state index contributed by atoms with van der Waals surface area (Å²) < 4.78 is 2.45. The van der Waals surface area contributed by atoms with Crippen LogP contribution in [-0.2, 0) is 13.0 Å². The van der Waals surface area contributed by atoms with Gasteiger partial charge in [-0.25, -0.2) is 0 Å². The molecule has 0 spiro atoms. The first-order valence-electron chi connectivity index (χ1n) is 12.6. The lowest BCUT2D eigenvalue weighted by Gasteiger charge is -2.39. The maximum absolute atomic E-state index is 11.5. The number of nitrogens with two attached hydrogens (primary N) is 1. The number of rotatable bonds is 6. The van der Waals surface area contributed by atoms with Crippen LogP contribution in [0.3, 0.4) is 0 Å². The summed E-state index contributed by atoms with van der Waals surface area (Å²) in [7, 11) is 0. The van der Waals surface area contributed by atoms with Crippen LogP contribution in [0.15, 0.2) is 55.1 Å². The minimum absolute atomic E-state index is 0.386. The Morgan fingerprint density at radius 1 is 1.06 bits per heavy atom. The fraction of sp³-hybridized carbons (Fsp3) is 0.414. The zero-order valence-electron chi connectivity index (χ0n) is 20.5. The van der Waals surface area contributed by atoms with Crippen molar-refractivity contribution < 1.29 is 4.79 Å². The first kappa shape index (κ1) is 22.9. The van der Waals surface area contributed by atoms with Crippen LogP contribution < -0.4 is 5.73 Å². The lowest BCUT2D eigenvalue weighted by atomic mass is 9.82. The fourth-order valence-corrected chi connectivity index (χ4v) is 5.78. The smallest absolute Gasteiger partial charge is 0.248 e. The van der Waals surface area contributed by atoms with Gasteiger partial charge >= 0.3 is 0 Å². The standard InChI is InChI=1S/C29H36N4O/c1-20(2)32-16-14-31(15-17-32)19-24-12-13-27-28(21(24)3)25-6-4-5-7-26(25)33(27)18-22-8-10-23(11-9-22)29(30)34/h4-11,20,24H,3,12-19H2,1-2H3,(H2,30,34). The van der Waals surface area contributed by atoms with Crippen molar-refractivity contribution in [3.63, 3.8) is 0 Å². The average molecular weight is 457 g/mol. The SMILES string of the molecule is C=C1c2c(n(Cc3ccc(C(N)=O)cc3)c3ccccc23)CCC1CN1CCN(C(C)C)CC1. The molecule has 5 nitrogen and oxygen atoms in total. The molecule has 1 fully saturated rings. The van der Waals surface area contributed by atoms with E-state index in [-0.39, 0.29) is 5.91 Å². The molecule has 3 aromatic rings. The van der Waals surface area contributed by atoms with Gasteiger partial charge in [0.05, 0.1) is 0 Å². The molecule has 0 bridgehead atoms. The van der Waals surface area contributed by atoms with E-state index in [1.165, 1.54) is 33.3 Å². The number of primary amides is 1. The number of hydrogen-bond donors (Lipinski definition) is 1. The van der Waals surface area contributed by atoms with Crippen LogP contribution in [0.2, 0.25) is 0 Å². The van der Waals surface area contributed by atoms with Crippen LogP contribution in [0.1, 0.15) is 47.4 Å². The highest BCUT2D eigenvalue weighted by Crippen LogP contribution is 2.41. The van der Waals surface area contributed by atoms with Gasteiger partial charge < -0.3 is 15.2 Å². The molecule has 0 radical (unpaired) electrons. The first-order chi connectivity index (χ1) is 16.4. The molecule has 2 N–H and O–H groups in total. The molecule has 1 amide bonds. The Balaban J connectivity index is 1.39. The lowest BCUT2D eigenvalue weighted by molar-refractivity contribution is 0.1000. The monoisotopic (exact) mass is 456 g/mol. The number of fused-ring (bicyclic) bond motifs is 3. The van der Waals surface area contributed by atoms with Gasteiger partial charge in [-0.2, -0.15) is 0 Å². The second kappa shape index (κ2) is 9.40. The van der Waals surface area contributed by atoms with E-state index in [2.05, 4.69) is 59.1 Å². The molecule has 1 aliphatic heterocycles. The molecule has 5 heteroatoms. The number of benzene rings is 2. The van der Waals surface area contributed by atoms with Crippen molar-refractivity contribution in [3.05, 3.63) is 77.5 Å². The fourth-order valence-electron chi connectivity index (χ4n) is 5.78. The van der Waals surface area contributed by atoms with E-state index in [1.54, 1.807) is 0 Å². The third-order valence-electron chi connectivity index (χ3n) is 7.82. The summed E-state index contributed by atoms with van der Waals surface area (Å²) in [5.41, 5.74) is 12.5. The van der Waals surface area contributed by atoms with Crippen molar-refractivity contribution in [3.8, 4) is 0 Å². The molecule has 1 saturated heterocycles. The van der Waals surface area contributed by atoms with E-state index in [9.17, 15) is 4.79 Å².